The number of halogens is 3. The summed E-state index contributed by atoms with van der Waals surface area (Å²) < 4.78 is 42.8. The Labute approximate surface area is 97.4 Å². The average Bonchev–Trinajstić information content (AvgIpc) is 2.25. The number of ether oxygens (including phenoxy) is 1. The molecule has 0 saturated carbocycles. The van der Waals surface area contributed by atoms with Crippen molar-refractivity contribution in [3.8, 4) is 5.75 Å². The van der Waals surface area contributed by atoms with Gasteiger partial charge in [-0.15, -0.1) is 0 Å². The van der Waals surface area contributed by atoms with Gasteiger partial charge in [-0.25, -0.2) is 0 Å². The van der Waals surface area contributed by atoms with Gasteiger partial charge in [0.15, 0.2) is 5.78 Å². The van der Waals surface area contributed by atoms with E-state index in [9.17, 15) is 18.0 Å². The summed E-state index contributed by atoms with van der Waals surface area (Å²) >= 11 is 0. The molecule has 0 bridgehead atoms. The van der Waals surface area contributed by atoms with Crippen molar-refractivity contribution in [1.29, 1.82) is 0 Å². The van der Waals surface area contributed by atoms with Gasteiger partial charge in [-0.3, -0.25) is 4.79 Å². The molecular formula is C12H13F3O2. The van der Waals surface area contributed by atoms with E-state index < -0.39 is 11.7 Å². The zero-order valence-electron chi connectivity index (χ0n) is 9.81. The van der Waals surface area contributed by atoms with E-state index in [1.807, 2.05) is 0 Å². The number of aryl methyl sites for hydroxylation is 1. The summed E-state index contributed by atoms with van der Waals surface area (Å²) in [6, 6.07) is 2.14. The summed E-state index contributed by atoms with van der Waals surface area (Å²) in [5.41, 5.74) is -0.190. The van der Waals surface area contributed by atoms with E-state index in [1.165, 1.54) is 6.92 Å². The predicted octanol–water partition coefficient (Wildman–Crippen LogP) is 3.48. The van der Waals surface area contributed by atoms with Gasteiger partial charge >= 0.3 is 6.18 Å². The fourth-order valence-corrected chi connectivity index (χ4v) is 1.64. The van der Waals surface area contributed by atoms with Gasteiger partial charge < -0.3 is 4.74 Å². The van der Waals surface area contributed by atoms with Gasteiger partial charge in [0.05, 0.1) is 12.7 Å². The summed E-state index contributed by atoms with van der Waals surface area (Å²) in [6.07, 6.45) is -4.12. The van der Waals surface area contributed by atoms with Crippen LogP contribution >= 0.6 is 0 Å². The van der Waals surface area contributed by atoms with Crippen molar-refractivity contribution in [2.45, 2.75) is 26.4 Å². The third-order valence-corrected chi connectivity index (χ3v) is 2.49. The largest absolute Gasteiger partial charge is 0.496 e. The fraction of sp³-hybridized carbons (Fsp3) is 0.417. The van der Waals surface area contributed by atoms with Crippen molar-refractivity contribution in [3.63, 3.8) is 0 Å². The van der Waals surface area contributed by atoms with Crippen LogP contribution in [0.5, 0.6) is 5.75 Å². The summed E-state index contributed by atoms with van der Waals surface area (Å²) in [7, 11) is 1.15. The Bertz CT molecular complexity index is 436. The maximum Gasteiger partial charge on any atom is 0.419 e. The summed E-state index contributed by atoms with van der Waals surface area (Å²) in [4.78, 5) is 11.3. The molecule has 0 amide bonds. The second-order valence-electron chi connectivity index (χ2n) is 3.62. The van der Waals surface area contributed by atoms with Gasteiger partial charge in [-0.2, -0.15) is 13.2 Å². The van der Waals surface area contributed by atoms with Crippen molar-refractivity contribution in [3.05, 3.63) is 28.8 Å². The highest BCUT2D eigenvalue weighted by atomic mass is 19.4. The molecule has 0 aliphatic rings. The molecule has 0 radical (unpaired) electrons. The smallest absolute Gasteiger partial charge is 0.419 e. The number of hydrogen-bond acceptors (Lipinski definition) is 2. The minimum absolute atomic E-state index is 0.270. The quantitative estimate of drug-likeness (QED) is 0.763. The number of carbonyl (C=O) groups is 1. The Morgan fingerprint density at radius 3 is 2.29 bits per heavy atom. The molecule has 1 aromatic rings. The van der Waals surface area contributed by atoms with Gasteiger partial charge in [-0.1, -0.05) is 6.92 Å². The first-order valence-electron chi connectivity index (χ1n) is 5.10. The van der Waals surface area contributed by atoms with Crippen molar-refractivity contribution in [2.75, 3.05) is 7.11 Å². The summed E-state index contributed by atoms with van der Waals surface area (Å²) in [6.45, 7) is 3.02. The second kappa shape index (κ2) is 4.77. The standard InChI is InChI=1S/C12H13F3O2/c1-4-8-5-10(12(13,14)15)11(17-3)6-9(8)7(2)16/h5-6H,4H2,1-3H3. The molecule has 5 heteroatoms. The lowest BCUT2D eigenvalue weighted by atomic mass is 9.98. The van der Waals surface area contributed by atoms with Gasteiger partial charge in [0, 0.05) is 5.56 Å². The predicted molar refractivity (Wildman–Crippen MR) is 57.4 cm³/mol. The number of alkyl halides is 3. The Morgan fingerprint density at radius 2 is 1.94 bits per heavy atom. The molecular weight excluding hydrogens is 233 g/mol. The van der Waals surface area contributed by atoms with Gasteiger partial charge in [0.2, 0.25) is 0 Å². The molecule has 0 spiro atoms. The van der Waals surface area contributed by atoms with E-state index >= 15 is 0 Å². The maximum absolute atomic E-state index is 12.7. The van der Waals surface area contributed by atoms with Crippen LogP contribution in [0.1, 0.15) is 35.3 Å². The molecule has 0 N–H and O–H groups in total. The maximum atomic E-state index is 12.7. The second-order valence-corrected chi connectivity index (χ2v) is 3.62. The Hall–Kier alpha value is -1.52. The normalized spacial score (nSPS) is 11.4. The summed E-state index contributed by atoms with van der Waals surface area (Å²) in [5.74, 6) is -0.589. The minimum atomic E-state index is -4.48. The van der Waals surface area contributed by atoms with E-state index in [4.69, 9.17) is 0 Å². The highest BCUT2D eigenvalue weighted by molar-refractivity contribution is 5.96. The van der Waals surface area contributed by atoms with Crippen molar-refractivity contribution >= 4 is 5.78 Å². The number of benzene rings is 1. The summed E-state index contributed by atoms with van der Waals surface area (Å²) in [5, 5.41) is 0. The number of carbonyl (C=O) groups excluding carboxylic acids is 1. The molecule has 0 heterocycles. The first-order chi connectivity index (χ1) is 7.81. The van der Waals surface area contributed by atoms with Crippen molar-refractivity contribution < 1.29 is 22.7 Å². The molecule has 94 valence electrons. The Kier molecular flexibility index (Phi) is 3.80. The highest BCUT2D eigenvalue weighted by Gasteiger charge is 2.35. The lowest BCUT2D eigenvalue weighted by Crippen LogP contribution is -2.11. The lowest BCUT2D eigenvalue weighted by molar-refractivity contribution is -0.138. The first kappa shape index (κ1) is 13.5. The van der Waals surface area contributed by atoms with Crippen molar-refractivity contribution in [2.24, 2.45) is 0 Å². The van der Waals surface area contributed by atoms with Crippen LogP contribution in [0.4, 0.5) is 13.2 Å². The molecule has 2 nitrogen and oxygen atoms in total. The molecule has 0 fully saturated rings. The highest BCUT2D eigenvalue weighted by Crippen LogP contribution is 2.38. The van der Waals surface area contributed by atoms with Gasteiger partial charge in [0.1, 0.15) is 5.75 Å². The van der Waals surface area contributed by atoms with Crippen LogP contribution in [-0.4, -0.2) is 12.9 Å². The van der Waals surface area contributed by atoms with Crippen LogP contribution < -0.4 is 4.74 Å². The lowest BCUT2D eigenvalue weighted by Gasteiger charge is -2.15. The SMILES string of the molecule is CCc1cc(C(F)(F)F)c(OC)cc1C(C)=O. The number of hydrogen-bond donors (Lipinski definition) is 0. The number of rotatable bonds is 3. The molecule has 0 aromatic heterocycles. The van der Waals surface area contributed by atoms with E-state index in [0.717, 1.165) is 19.2 Å². The zero-order chi connectivity index (χ0) is 13.2. The fourth-order valence-electron chi connectivity index (χ4n) is 1.64. The van der Waals surface area contributed by atoms with E-state index in [-0.39, 0.29) is 17.1 Å². The monoisotopic (exact) mass is 246 g/mol. The van der Waals surface area contributed by atoms with Crippen LogP contribution in [0.25, 0.3) is 0 Å². The van der Waals surface area contributed by atoms with E-state index in [2.05, 4.69) is 4.74 Å². The number of methoxy groups -OCH3 is 1. The topological polar surface area (TPSA) is 26.3 Å². The Morgan fingerprint density at radius 1 is 1.35 bits per heavy atom. The van der Waals surface area contributed by atoms with Crippen LogP contribution in [0.15, 0.2) is 12.1 Å². The van der Waals surface area contributed by atoms with Crippen LogP contribution in [-0.2, 0) is 12.6 Å². The molecule has 0 aliphatic carbocycles. The van der Waals surface area contributed by atoms with Gasteiger partial charge in [-0.05, 0) is 31.0 Å². The van der Waals surface area contributed by atoms with Crippen LogP contribution in [0.2, 0.25) is 0 Å². The van der Waals surface area contributed by atoms with E-state index in [0.29, 0.717) is 12.0 Å². The van der Waals surface area contributed by atoms with Gasteiger partial charge in [0.25, 0.3) is 0 Å². The van der Waals surface area contributed by atoms with Crippen molar-refractivity contribution in [1.82, 2.24) is 0 Å². The van der Waals surface area contributed by atoms with Crippen LogP contribution in [0, 0.1) is 0 Å². The number of Topliss-reactive ketones (excluding diaryl/α,β-unsaturated/α-hetero) is 1. The Balaban J connectivity index is 3.49. The van der Waals surface area contributed by atoms with Crippen LogP contribution in [0.3, 0.4) is 0 Å². The van der Waals surface area contributed by atoms with E-state index in [1.54, 1.807) is 6.92 Å². The minimum Gasteiger partial charge on any atom is -0.496 e. The third-order valence-electron chi connectivity index (χ3n) is 2.49. The molecule has 1 aromatic carbocycles. The first-order valence-corrected chi connectivity index (χ1v) is 5.10. The molecule has 0 unspecified atom stereocenters. The molecule has 0 aliphatic heterocycles. The number of ketones is 1. The molecule has 0 atom stereocenters. The molecule has 17 heavy (non-hydrogen) atoms. The molecule has 1 rings (SSSR count). The zero-order valence-corrected chi connectivity index (χ0v) is 9.81. The average molecular weight is 246 g/mol. The third kappa shape index (κ3) is 2.78. The molecule has 0 saturated heterocycles.